The van der Waals surface area contributed by atoms with E-state index in [4.69, 9.17) is 12.2 Å². The highest BCUT2D eigenvalue weighted by atomic mass is 32.1. The minimum atomic E-state index is 0.748. The van der Waals surface area contributed by atoms with Crippen LogP contribution in [0.4, 0.5) is 0 Å². The smallest absolute Gasteiger partial charge is 0.195 e. The Morgan fingerprint density at radius 1 is 1.56 bits per heavy atom. The quantitative estimate of drug-likeness (QED) is 0.858. The minimum Gasteiger partial charge on any atom is -0.299 e. The van der Waals surface area contributed by atoms with Crippen molar-refractivity contribution in [3.8, 4) is 10.7 Å². The summed E-state index contributed by atoms with van der Waals surface area (Å²) in [5.74, 6) is 2.61. The summed E-state index contributed by atoms with van der Waals surface area (Å²) in [5.41, 5.74) is 0. The first kappa shape index (κ1) is 12.1. The maximum absolute atomic E-state index is 5.36. The average Bonchev–Trinajstić information content (AvgIpc) is 3.03. The molecule has 0 aliphatic heterocycles. The zero-order valence-electron chi connectivity index (χ0n) is 10.4. The summed E-state index contributed by atoms with van der Waals surface area (Å²) in [5, 5.41) is 9.39. The number of hydrogen-bond acceptors (Lipinski definition) is 3. The summed E-state index contributed by atoms with van der Waals surface area (Å²) in [6, 6.07) is 4.16. The van der Waals surface area contributed by atoms with Gasteiger partial charge in [-0.15, -0.1) is 11.3 Å². The molecule has 2 aromatic rings. The van der Waals surface area contributed by atoms with Crippen molar-refractivity contribution in [1.82, 2.24) is 14.8 Å². The van der Waals surface area contributed by atoms with E-state index in [0.29, 0.717) is 0 Å². The van der Waals surface area contributed by atoms with Gasteiger partial charge in [-0.05, 0) is 48.3 Å². The van der Waals surface area contributed by atoms with Crippen LogP contribution < -0.4 is 0 Å². The summed E-state index contributed by atoms with van der Waals surface area (Å²) in [6.07, 6.45) is 3.99. The standard InChI is InChI=1S/C13H17N3S2/c1-9-4-5-10(7-9)8-16-12(14-15-13(16)17)11-3-2-6-18-11/h2-3,6,9-10H,4-5,7-8H2,1H3,(H,15,17). The van der Waals surface area contributed by atoms with Gasteiger partial charge in [0.05, 0.1) is 4.88 Å². The zero-order chi connectivity index (χ0) is 12.5. The van der Waals surface area contributed by atoms with Gasteiger partial charge in [-0.1, -0.05) is 19.4 Å². The molecule has 0 radical (unpaired) electrons. The molecule has 96 valence electrons. The molecule has 0 amide bonds. The van der Waals surface area contributed by atoms with Gasteiger partial charge in [0.15, 0.2) is 10.6 Å². The van der Waals surface area contributed by atoms with Crippen molar-refractivity contribution < 1.29 is 0 Å². The molecule has 0 spiro atoms. The molecule has 2 aromatic heterocycles. The zero-order valence-corrected chi connectivity index (χ0v) is 12.1. The number of nitrogens with zero attached hydrogens (tertiary/aromatic N) is 2. The van der Waals surface area contributed by atoms with Gasteiger partial charge in [0.1, 0.15) is 0 Å². The van der Waals surface area contributed by atoms with Crippen molar-refractivity contribution in [2.45, 2.75) is 32.7 Å². The third-order valence-electron chi connectivity index (χ3n) is 3.74. The molecule has 0 aromatic carbocycles. The molecule has 2 atom stereocenters. The maximum atomic E-state index is 5.36. The van der Waals surface area contributed by atoms with Crippen LogP contribution in [0.15, 0.2) is 17.5 Å². The van der Waals surface area contributed by atoms with Crippen LogP contribution in [0.2, 0.25) is 0 Å². The van der Waals surface area contributed by atoms with Gasteiger partial charge in [-0.3, -0.25) is 9.67 Å². The SMILES string of the molecule is CC1CCC(Cn2c(-c3cccs3)n[nH]c2=S)C1. The topological polar surface area (TPSA) is 33.6 Å². The maximum Gasteiger partial charge on any atom is 0.195 e. The number of H-pyrrole nitrogens is 1. The van der Waals surface area contributed by atoms with Crippen LogP contribution in [-0.4, -0.2) is 14.8 Å². The average molecular weight is 279 g/mol. The van der Waals surface area contributed by atoms with Gasteiger partial charge in [-0.25, -0.2) is 0 Å². The van der Waals surface area contributed by atoms with Crippen molar-refractivity contribution in [1.29, 1.82) is 0 Å². The van der Waals surface area contributed by atoms with E-state index in [1.54, 1.807) is 11.3 Å². The normalized spacial score (nSPS) is 23.6. The van der Waals surface area contributed by atoms with Crippen LogP contribution in [0.3, 0.4) is 0 Å². The minimum absolute atomic E-state index is 0.748. The fraction of sp³-hybridized carbons (Fsp3) is 0.538. The van der Waals surface area contributed by atoms with Crippen LogP contribution in [-0.2, 0) is 6.54 Å². The Morgan fingerprint density at radius 2 is 2.44 bits per heavy atom. The molecule has 1 aliphatic rings. The second-order valence-electron chi connectivity index (χ2n) is 5.22. The molecule has 18 heavy (non-hydrogen) atoms. The molecule has 0 saturated heterocycles. The van der Waals surface area contributed by atoms with E-state index in [1.807, 2.05) is 0 Å². The Labute approximate surface area is 116 Å². The molecule has 2 unspecified atom stereocenters. The van der Waals surface area contributed by atoms with E-state index in [2.05, 4.69) is 39.2 Å². The summed E-state index contributed by atoms with van der Waals surface area (Å²) in [6.45, 7) is 3.35. The van der Waals surface area contributed by atoms with E-state index in [9.17, 15) is 0 Å². The Kier molecular flexibility index (Phi) is 3.35. The molecular weight excluding hydrogens is 262 g/mol. The molecule has 3 rings (SSSR count). The number of nitrogens with one attached hydrogen (secondary N) is 1. The van der Waals surface area contributed by atoms with Crippen molar-refractivity contribution in [2.75, 3.05) is 0 Å². The number of rotatable bonds is 3. The number of aromatic amines is 1. The van der Waals surface area contributed by atoms with Gasteiger partial charge >= 0.3 is 0 Å². The monoisotopic (exact) mass is 279 g/mol. The second kappa shape index (κ2) is 4.97. The van der Waals surface area contributed by atoms with Crippen molar-refractivity contribution in [3.63, 3.8) is 0 Å². The first-order valence-electron chi connectivity index (χ1n) is 6.43. The number of thiophene rings is 1. The lowest BCUT2D eigenvalue weighted by Crippen LogP contribution is -2.09. The summed E-state index contributed by atoms with van der Waals surface area (Å²) in [7, 11) is 0. The molecular formula is C13H17N3S2. The van der Waals surface area contributed by atoms with E-state index < -0.39 is 0 Å². The lowest BCUT2D eigenvalue weighted by molar-refractivity contribution is 0.440. The van der Waals surface area contributed by atoms with E-state index in [-0.39, 0.29) is 0 Å². The van der Waals surface area contributed by atoms with Gasteiger partial charge in [-0.2, -0.15) is 5.10 Å². The van der Waals surface area contributed by atoms with Gasteiger partial charge in [0.2, 0.25) is 0 Å². The lowest BCUT2D eigenvalue weighted by atomic mass is 10.1. The largest absolute Gasteiger partial charge is 0.299 e. The third-order valence-corrected chi connectivity index (χ3v) is 4.92. The highest BCUT2D eigenvalue weighted by Crippen LogP contribution is 2.33. The molecule has 5 heteroatoms. The van der Waals surface area contributed by atoms with Crippen LogP contribution in [0.1, 0.15) is 26.2 Å². The highest BCUT2D eigenvalue weighted by molar-refractivity contribution is 7.71. The van der Waals surface area contributed by atoms with Gasteiger partial charge < -0.3 is 0 Å². The molecule has 1 aliphatic carbocycles. The van der Waals surface area contributed by atoms with Gasteiger partial charge in [0, 0.05) is 6.54 Å². The second-order valence-corrected chi connectivity index (χ2v) is 6.56. The van der Waals surface area contributed by atoms with Crippen molar-refractivity contribution in [3.05, 3.63) is 22.3 Å². The first-order chi connectivity index (χ1) is 8.74. The third kappa shape index (κ3) is 2.29. The van der Waals surface area contributed by atoms with Crippen LogP contribution in [0, 0.1) is 16.6 Å². The summed E-state index contributed by atoms with van der Waals surface area (Å²) < 4.78 is 2.92. The number of aromatic nitrogens is 3. The van der Waals surface area contributed by atoms with E-state index in [0.717, 1.165) is 29.0 Å². The fourth-order valence-electron chi connectivity index (χ4n) is 2.83. The summed E-state index contributed by atoms with van der Waals surface area (Å²) >= 11 is 7.07. The predicted molar refractivity (Wildman–Crippen MR) is 77.2 cm³/mol. The van der Waals surface area contributed by atoms with E-state index in [1.165, 1.54) is 24.1 Å². The van der Waals surface area contributed by atoms with E-state index >= 15 is 0 Å². The van der Waals surface area contributed by atoms with Gasteiger partial charge in [0.25, 0.3) is 0 Å². The first-order valence-corrected chi connectivity index (χ1v) is 7.72. The molecule has 1 N–H and O–H groups in total. The Bertz CT molecular complexity index is 567. The van der Waals surface area contributed by atoms with Crippen LogP contribution in [0.5, 0.6) is 0 Å². The highest BCUT2D eigenvalue weighted by Gasteiger charge is 2.23. The predicted octanol–water partition coefficient (Wildman–Crippen LogP) is 4.11. The fourth-order valence-corrected chi connectivity index (χ4v) is 3.76. The lowest BCUT2D eigenvalue weighted by Gasteiger charge is -2.11. The van der Waals surface area contributed by atoms with Crippen molar-refractivity contribution >= 4 is 23.6 Å². The Hall–Kier alpha value is -0.940. The Morgan fingerprint density at radius 3 is 3.11 bits per heavy atom. The number of hydrogen-bond donors (Lipinski definition) is 1. The molecule has 2 heterocycles. The Balaban J connectivity index is 1.87. The molecule has 3 nitrogen and oxygen atoms in total. The summed E-state index contributed by atoms with van der Waals surface area (Å²) in [4.78, 5) is 1.19. The van der Waals surface area contributed by atoms with Crippen LogP contribution in [0.25, 0.3) is 10.7 Å². The molecule has 1 fully saturated rings. The van der Waals surface area contributed by atoms with Crippen LogP contribution >= 0.6 is 23.6 Å². The van der Waals surface area contributed by atoms with Crippen molar-refractivity contribution in [2.24, 2.45) is 11.8 Å². The molecule has 1 saturated carbocycles. The molecule has 0 bridgehead atoms.